The van der Waals surface area contributed by atoms with Crippen LogP contribution in [0, 0.1) is 0 Å². The number of rotatable bonds is 4. The Morgan fingerprint density at radius 3 is 2.61 bits per heavy atom. The van der Waals surface area contributed by atoms with Gasteiger partial charge in [0.05, 0.1) is 12.5 Å². The van der Waals surface area contributed by atoms with E-state index in [1.807, 2.05) is 0 Å². The molecule has 0 aromatic carbocycles. The number of hydrogen-bond donors (Lipinski definition) is 1. The van der Waals surface area contributed by atoms with Crippen LogP contribution in [0.15, 0.2) is 22.8 Å². The van der Waals surface area contributed by atoms with Gasteiger partial charge in [-0.25, -0.2) is 12.7 Å². The van der Waals surface area contributed by atoms with Gasteiger partial charge in [-0.2, -0.15) is 0 Å². The molecule has 128 valence electrons. The van der Waals surface area contributed by atoms with Crippen LogP contribution in [0.3, 0.4) is 0 Å². The van der Waals surface area contributed by atoms with Gasteiger partial charge in [-0.1, -0.05) is 0 Å². The number of nitrogens with zero attached hydrogens (tertiary/aromatic N) is 2. The summed E-state index contributed by atoms with van der Waals surface area (Å²) in [5, 5.41) is 2.59. The molecule has 1 saturated heterocycles. The molecule has 0 radical (unpaired) electrons. The molecule has 0 saturated carbocycles. The summed E-state index contributed by atoms with van der Waals surface area (Å²) in [7, 11) is -3.25. The lowest BCUT2D eigenvalue weighted by atomic mass is 10.2. The van der Waals surface area contributed by atoms with Crippen LogP contribution in [-0.2, 0) is 14.8 Å². The van der Waals surface area contributed by atoms with Crippen molar-refractivity contribution in [2.24, 2.45) is 0 Å². The summed E-state index contributed by atoms with van der Waals surface area (Å²) in [6.07, 6.45) is 3.12. The number of carbonyl (C=O) groups is 2. The predicted octanol–water partition coefficient (Wildman–Crippen LogP) is -0.108. The van der Waals surface area contributed by atoms with Gasteiger partial charge in [-0.3, -0.25) is 9.59 Å². The van der Waals surface area contributed by atoms with Crippen molar-refractivity contribution in [2.45, 2.75) is 19.4 Å². The zero-order valence-corrected chi connectivity index (χ0v) is 14.0. The summed E-state index contributed by atoms with van der Waals surface area (Å²) >= 11 is 0. The lowest BCUT2D eigenvalue weighted by Gasteiger charge is -2.24. The molecule has 0 spiro atoms. The minimum Gasteiger partial charge on any atom is -0.459 e. The van der Waals surface area contributed by atoms with E-state index >= 15 is 0 Å². The topological polar surface area (TPSA) is 99.9 Å². The Bertz CT molecular complexity index is 656. The van der Waals surface area contributed by atoms with Gasteiger partial charge in [0.2, 0.25) is 15.9 Å². The highest BCUT2D eigenvalue weighted by Gasteiger charge is 2.27. The van der Waals surface area contributed by atoms with Gasteiger partial charge in [-0.05, 0) is 25.5 Å². The van der Waals surface area contributed by atoms with E-state index in [0.29, 0.717) is 26.1 Å². The normalized spacial score (nSPS) is 18.3. The molecule has 0 aliphatic carbocycles. The number of hydrogen-bond acceptors (Lipinski definition) is 5. The second-order valence-electron chi connectivity index (χ2n) is 5.51. The molecule has 1 N–H and O–H groups in total. The lowest BCUT2D eigenvalue weighted by molar-refractivity contribution is -0.132. The zero-order valence-electron chi connectivity index (χ0n) is 13.2. The van der Waals surface area contributed by atoms with Crippen LogP contribution in [0.25, 0.3) is 0 Å². The van der Waals surface area contributed by atoms with Crippen molar-refractivity contribution in [2.75, 3.05) is 32.4 Å². The van der Waals surface area contributed by atoms with Gasteiger partial charge < -0.3 is 14.6 Å². The molecular weight excluding hydrogens is 322 g/mol. The summed E-state index contributed by atoms with van der Waals surface area (Å²) in [5.41, 5.74) is 0. The minimum atomic E-state index is -3.25. The Labute approximate surface area is 135 Å². The Morgan fingerprint density at radius 1 is 1.26 bits per heavy atom. The maximum Gasteiger partial charge on any atom is 0.287 e. The van der Waals surface area contributed by atoms with Gasteiger partial charge in [0.1, 0.15) is 6.04 Å². The third-order valence-corrected chi connectivity index (χ3v) is 5.00. The number of carbonyl (C=O) groups excluding carboxylic acids is 2. The first kappa shape index (κ1) is 17.5. The zero-order chi connectivity index (χ0) is 17.0. The maximum absolute atomic E-state index is 12.4. The molecule has 2 rings (SSSR count). The van der Waals surface area contributed by atoms with Crippen molar-refractivity contribution in [3.05, 3.63) is 24.2 Å². The van der Waals surface area contributed by atoms with E-state index in [9.17, 15) is 18.0 Å². The SMILES string of the molecule is CC(NC(=O)c1ccco1)C(=O)N1CCCN(S(C)(=O)=O)CC1. The highest BCUT2D eigenvalue weighted by molar-refractivity contribution is 7.88. The van der Waals surface area contributed by atoms with Crippen LogP contribution in [0.2, 0.25) is 0 Å². The average molecular weight is 343 g/mol. The summed E-state index contributed by atoms with van der Waals surface area (Å²) in [6.45, 7) is 3.04. The number of amides is 2. The van der Waals surface area contributed by atoms with Crippen LogP contribution in [0.4, 0.5) is 0 Å². The molecule has 2 heterocycles. The monoisotopic (exact) mass is 343 g/mol. The molecule has 1 fully saturated rings. The largest absolute Gasteiger partial charge is 0.459 e. The summed E-state index contributed by atoms with van der Waals surface area (Å²) in [4.78, 5) is 25.9. The first-order chi connectivity index (χ1) is 10.8. The van der Waals surface area contributed by atoms with Gasteiger partial charge in [0, 0.05) is 26.2 Å². The van der Waals surface area contributed by atoms with E-state index in [1.54, 1.807) is 17.9 Å². The molecule has 1 aliphatic rings. The standard InChI is InChI=1S/C14H21N3O5S/c1-11(15-13(18)12-5-3-10-22-12)14(19)16-6-4-7-17(9-8-16)23(2,20)21/h3,5,10-11H,4,6-9H2,1-2H3,(H,15,18). The van der Waals surface area contributed by atoms with Crippen molar-refractivity contribution >= 4 is 21.8 Å². The van der Waals surface area contributed by atoms with Crippen molar-refractivity contribution in [3.8, 4) is 0 Å². The van der Waals surface area contributed by atoms with Gasteiger partial charge in [0.15, 0.2) is 5.76 Å². The molecule has 8 nitrogen and oxygen atoms in total. The van der Waals surface area contributed by atoms with Crippen molar-refractivity contribution in [1.29, 1.82) is 0 Å². The molecule has 9 heteroatoms. The van der Waals surface area contributed by atoms with Gasteiger partial charge in [-0.15, -0.1) is 0 Å². The lowest BCUT2D eigenvalue weighted by Crippen LogP contribution is -2.48. The summed E-state index contributed by atoms with van der Waals surface area (Å²) < 4.78 is 29.5. The molecule has 23 heavy (non-hydrogen) atoms. The fraction of sp³-hybridized carbons (Fsp3) is 0.571. The molecular formula is C14H21N3O5S. The van der Waals surface area contributed by atoms with E-state index in [2.05, 4.69) is 5.32 Å². The van der Waals surface area contributed by atoms with Crippen LogP contribution in [0.5, 0.6) is 0 Å². The van der Waals surface area contributed by atoms with E-state index in [-0.39, 0.29) is 18.2 Å². The van der Waals surface area contributed by atoms with Crippen LogP contribution >= 0.6 is 0 Å². The van der Waals surface area contributed by atoms with Crippen molar-refractivity contribution in [3.63, 3.8) is 0 Å². The second kappa shape index (κ2) is 7.14. The molecule has 1 unspecified atom stereocenters. The molecule has 0 bridgehead atoms. The average Bonchev–Trinajstić information content (AvgIpc) is 2.89. The summed E-state index contributed by atoms with van der Waals surface area (Å²) in [5.74, 6) is -0.549. The first-order valence-electron chi connectivity index (χ1n) is 7.37. The van der Waals surface area contributed by atoms with E-state index in [4.69, 9.17) is 4.42 Å². The first-order valence-corrected chi connectivity index (χ1v) is 9.22. The maximum atomic E-state index is 12.4. The van der Waals surface area contributed by atoms with Crippen LogP contribution < -0.4 is 5.32 Å². The smallest absolute Gasteiger partial charge is 0.287 e. The minimum absolute atomic E-state index is 0.142. The molecule has 1 aromatic heterocycles. The van der Waals surface area contributed by atoms with Crippen molar-refractivity contribution in [1.82, 2.24) is 14.5 Å². The highest BCUT2D eigenvalue weighted by atomic mass is 32.2. The molecule has 1 atom stereocenters. The Kier molecular flexibility index (Phi) is 5.42. The van der Waals surface area contributed by atoms with Gasteiger partial charge in [0.25, 0.3) is 5.91 Å². The summed E-state index contributed by atoms with van der Waals surface area (Å²) in [6, 6.07) is 2.40. The number of furan rings is 1. The Hall–Kier alpha value is -1.87. The van der Waals surface area contributed by atoms with Crippen molar-refractivity contribution < 1.29 is 22.4 Å². The number of nitrogens with one attached hydrogen (secondary N) is 1. The van der Waals surface area contributed by atoms with E-state index in [1.165, 1.54) is 16.6 Å². The molecule has 2 amide bonds. The third kappa shape index (κ3) is 4.55. The van der Waals surface area contributed by atoms with Crippen LogP contribution in [0.1, 0.15) is 23.9 Å². The fourth-order valence-electron chi connectivity index (χ4n) is 2.46. The fourth-order valence-corrected chi connectivity index (χ4v) is 3.33. The van der Waals surface area contributed by atoms with Crippen LogP contribution in [-0.4, -0.2) is 67.9 Å². The number of sulfonamides is 1. The Balaban J connectivity index is 1.93. The highest BCUT2D eigenvalue weighted by Crippen LogP contribution is 2.09. The van der Waals surface area contributed by atoms with Gasteiger partial charge >= 0.3 is 0 Å². The van der Waals surface area contributed by atoms with E-state index < -0.39 is 22.0 Å². The predicted molar refractivity (Wildman–Crippen MR) is 83.3 cm³/mol. The third-order valence-electron chi connectivity index (χ3n) is 3.70. The molecule has 1 aliphatic heterocycles. The Morgan fingerprint density at radius 2 is 2.00 bits per heavy atom. The quantitative estimate of drug-likeness (QED) is 0.822. The second-order valence-corrected chi connectivity index (χ2v) is 7.50. The molecule has 1 aromatic rings. The van der Waals surface area contributed by atoms with E-state index in [0.717, 1.165) is 6.26 Å².